The third-order valence-electron chi connectivity index (χ3n) is 4.32. The van der Waals surface area contributed by atoms with Crippen LogP contribution in [0.15, 0.2) is 29.3 Å². The van der Waals surface area contributed by atoms with Gasteiger partial charge in [0.2, 0.25) is 0 Å². The van der Waals surface area contributed by atoms with Gasteiger partial charge in [-0.05, 0) is 32.4 Å². The number of hydrogen-bond acceptors (Lipinski definition) is 5. The molecule has 0 aliphatic rings. The molecule has 8 nitrogen and oxygen atoms in total. The van der Waals surface area contributed by atoms with Crippen molar-refractivity contribution in [2.24, 2.45) is 12.0 Å². The molecule has 1 heterocycles. The van der Waals surface area contributed by atoms with Crippen molar-refractivity contribution >= 4 is 5.96 Å². The lowest BCUT2D eigenvalue weighted by Gasteiger charge is -2.18. The minimum absolute atomic E-state index is 0.0395. The molecular formula is C20H32N6O2. The first-order chi connectivity index (χ1) is 13.5. The third kappa shape index (κ3) is 6.75. The summed E-state index contributed by atoms with van der Waals surface area (Å²) in [5.74, 6) is 4.00. The molecule has 1 unspecified atom stereocenters. The number of aromatic nitrogens is 3. The first kappa shape index (κ1) is 21.5. The second-order valence-corrected chi connectivity index (χ2v) is 6.66. The molecule has 8 heteroatoms. The number of methoxy groups -OCH3 is 1. The van der Waals surface area contributed by atoms with E-state index < -0.39 is 0 Å². The molecule has 2 N–H and O–H groups in total. The smallest absolute Gasteiger partial charge is 0.191 e. The second kappa shape index (κ2) is 11.2. The number of nitrogens with one attached hydrogen (secondary N) is 2. The maximum atomic E-state index is 5.97. The van der Waals surface area contributed by atoms with E-state index in [1.807, 2.05) is 49.7 Å². The average Bonchev–Trinajstić information content (AvgIpc) is 3.02. The van der Waals surface area contributed by atoms with Gasteiger partial charge in [-0.3, -0.25) is 0 Å². The van der Waals surface area contributed by atoms with Gasteiger partial charge in [0.15, 0.2) is 11.8 Å². The normalized spacial score (nSPS) is 12.5. The Bertz CT molecular complexity index is 759. The van der Waals surface area contributed by atoms with Gasteiger partial charge in [0, 0.05) is 19.7 Å². The summed E-state index contributed by atoms with van der Waals surface area (Å²) >= 11 is 0. The average molecular weight is 389 g/mol. The van der Waals surface area contributed by atoms with Crippen LogP contribution in [-0.4, -0.2) is 47.0 Å². The molecule has 0 amide bonds. The minimum atomic E-state index is -0.0395. The van der Waals surface area contributed by atoms with E-state index in [2.05, 4.69) is 32.7 Å². The lowest BCUT2D eigenvalue weighted by molar-refractivity contribution is 0.223. The molecule has 0 aliphatic heterocycles. The zero-order chi connectivity index (χ0) is 20.4. The van der Waals surface area contributed by atoms with Gasteiger partial charge in [0.25, 0.3) is 0 Å². The molecule has 1 aromatic heterocycles. The molecule has 0 saturated heterocycles. The number of benzene rings is 1. The molecule has 2 rings (SSSR count). The van der Waals surface area contributed by atoms with Crippen molar-refractivity contribution in [3.63, 3.8) is 0 Å². The molecular weight excluding hydrogens is 356 g/mol. The van der Waals surface area contributed by atoms with Crippen molar-refractivity contribution in [1.29, 1.82) is 0 Å². The number of aryl methyl sites for hydroxylation is 1. The summed E-state index contributed by atoms with van der Waals surface area (Å²) in [6.07, 6.45) is 2.17. The summed E-state index contributed by atoms with van der Waals surface area (Å²) in [6.45, 7) is 8.05. The third-order valence-corrected chi connectivity index (χ3v) is 4.32. The highest BCUT2D eigenvalue weighted by Gasteiger charge is 2.08. The molecule has 0 radical (unpaired) electrons. The van der Waals surface area contributed by atoms with Crippen LogP contribution in [0.2, 0.25) is 0 Å². The standard InChI is InChI=1S/C20H32N6O2/c1-6-7-11-21-20(23-14-19-25-24-16(3)26(19)4)22-13-15(2)28-18-10-8-9-17(12-18)27-5/h8-10,12,15H,6-7,11,13-14H2,1-5H3,(H2,21,22,23). The van der Waals surface area contributed by atoms with Gasteiger partial charge >= 0.3 is 0 Å². The van der Waals surface area contributed by atoms with E-state index in [0.29, 0.717) is 13.1 Å². The summed E-state index contributed by atoms with van der Waals surface area (Å²) in [4.78, 5) is 4.64. The van der Waals surface area contributed by atoms with Gasteiger partial charge in [-0.2, -0.15) is 0 Å². The molecule has 154 valence electrons. The van der Waals surface area contributed by atoms with Crippen LogP contribution in [-0.2, 0) is 13.6 Å². The number of nitrogens with zero attached hydrogens (tertiary/aromatic N) is 4. The first-order valence-corrected chi connectivity index (χ1v) is 9.71. The number of hydrogen-bond donors (Lipinski definition) is 2. The highest BCUT2D eigenvalue weighted by molar-refractivity contribution is 5.79. The van der Waals surface area contributed by atoms with E-state index in [-0.39, 0.29) is 6.10 Å². The number of unbranched alkanes of at least 4 members (excludes halogenated alkanes) is 1. The van der Waals surface area contributed by atoms with Crippen molar-refractivity contribution in [1.82, 2.24) is 25.4 Å². The molecule has 0 bridgehead atoms. The minimum Gasteiger partial charge on any atom is -0.497 e. The van der Waals surface area contributed by atoms with Crippen LogP contribution in [0.5, 0.6) is 11.5 Å². The van der Waals surface area contributed by atoms with E-state index in [4.69, 9.17) is 9.47 Å². The molecule has 0 saturated carbocycles. The van der Waals surface area contributed by atoms with Crippen LogP contribution >= 0.6 is 0 Å². The summed E-state index contributed by atoms with van der Waals surface area (Å²) in [6, 6.07) is 7.61. The SMILES string of the molecule is CCCCNC(=NCc1nnc(C)n1C)NCC(C)Oc1cccc(OC)c1. The zero-order valence-electron chi connectivity index (χ0n) is 17.5. The maximum absolute atomic E-state index is 5.97. The van der Waals surface area contributed by atoms with Crippen LogP contribution in [0.3, 0.4) is 0 Å². The van der Waals surface area contributed by atoms with Crippen molar-refractivity contribution in [2.75, 3.05) is 20.2 Å². The highest BCUT2D eigenvalue weighted by Crippen LogP contribution is 2.19. The zero-order valence-corrected chi connectivity index (χ0v) is 17.5. The van der Waals surface area contributed by atoms with E-state index >= 15 is 0 Å². The van der Waals surface area contributed by atoms with E-state index in [0.717, 1.165) is 48.5 Å². The fraction of sp³-hybridized carbons (Fsp3) is 0.550. The van der Waals surface area contributed by atoms with Crippen molar-refractivity contribution in [2.45, 2.75) is 46.3 Å². The fourth-order valence-corrected chi connectivity index (χ4v) is 2.49. The predicted molar refractivity (Wildman–Crippen MR) is 111 cm³/mol. The Morgan fingerprint density at radius 2 is 2.04 bits per heavy atom. The van der Waals surface area contributed by atoms with Crippen molar-refractivity contribution in [3.05, 3.63) is 35.9 Å². The van der Waals surface area contributed by atoms with Gasteiger partial charge in [-0.1, -0.05) is 19.4 Å². The van der Waals surface area contributed by atoms with Gasteiger partial charge < -0.3 is 24.7 Å². The Balaban J connectivity index is 1.92. The topological polar surface area (TPSA) is 85.6 Å². The predicted octanol–water partition coefficient (Wildman–Crippen LogP) is 2.43. The van der Waals surface area contributed by atoms with Gasteiger partial charge in [0.1, 0.15) is 30.0 Å². The monoisotopic (exact) mass is 388 g/mol. The Kier molecular flexibility index (Phi) is 8.58. The van der Waals surface area contributed by atoms with Crippen LogP contribution < -0.4 is 20.1 Å². The molecule has 1 aromatic carbocycles. The molecule has 0 fully saturated rings. The highest BCUT2D eigenvalue weighted by atomic mass is 16.5. The lowest BCUT2D eigenvalue weighted by Crippen LogP contribution is -2.42. The van der Waals surface area contributed by atoms with Crippen molar-refractivity contribution in [3.8, 4) is 11.5 Å². The number of rotatable bonds is 10. The van der Waals surface area contributed by atoms with Gasteiger partial charge in [0.05, 0.1) is 13.7 Å². The Labute approximate surface area is 167 Å². The lowest BCUT2D eigenvalue weighted by atomic mass is 10.3. The molecule has 2 aromatic rings. The Morgan fingerprint density at radius 1 is 1.25 bits per heavy atom. The van der Waals surface area contributed by atoms with Crippen LogP contribution in [0.1, 0.15) is 38.3 Å². The molecule has 1 atom stereocenters. The summed E-state index contributed by atoms with van der Waals surface area (Å²) in [5, 5.41) is 15.0. The number of aliphatic imine (C=N–C) groups is 1. The quantitative estimate of drug-likeness (QED) is 0.369. The summed E-state index contributed by atoms with van der Waals surface area (Å²) in [5.41, 5.74) is 0. The summed E-state index contributed by atoms with van der Waals surface area (Å²) in [7, 11) is 3.59. The van der Waals surface area contributed by atoms with Crippen LogP contribution in [0, 0.1) is 6.92 Å². The van der Waals surface area contributed by atoms with Gasteiger partial charge in [-0.25, -0.2) is 4.99 Å². The largest absolute Gasteiger partial charge is 0.497 e. The number of ether oxygens (including phenoxy) is 2. The molecule has 0 aliphatic carbocycles. The second-order valence-electron chi connectivity index (χ2n) is 6.66. The first-order valence-electron chi connectivity index (χ1n) is 9.71. The van der Waals surface area contributed by atoms with Gasteiger partial charge in [-0.15, -0.1) is 10.2 Å². The molecule has 28 heavy (non-hydrogen) atoms. The molecule has 0 spiro atoms. The summed E-state index contributed by atoms with van der Waals surface area (Å²) < 4.78 is 13.1. The fourth-order valence-electron chi connectivity index (χ4n) is 2.49. The Hall–Kier alpha value is -2.77. The van der Waals surface area contributed by atoms with Crippen LogP contribution in [0.4, 0.5) is 0 Å². The van der Waals surface area contributed by atoms with E-state index in [9.17, 15) is 0 Å². The number of guanidine groups is 1. The van der Waals surface area contributed by atoms with Crippen LogP contribution in [0.25, 0.3) is 0 Å². The Morgan fingerprint density at radius 3 is 2.71 bits per heavy atom. The maximum Gasteiger partial charge on any atom is 0.191 e. The van der Waals surface area contributed by atoms with Crippen molar-refractivity contribution < 1.29 is 9.47 Å². The van der Waals surface area contributed by atoms with E-state index in [1.54, 1.807) is 7.11 Å². The van der Waals surface area contributed by atoms with E-state index in [1.165, 1.54) is 0 Å².